The molecule has 2 amide bonds. The molecule has 6 nitrogen and oxygen atoms in total. The molecule has 2 aromatic heterocycles. The molecule has 0 radical (unpaired) electrons. The molecule has 0 aliphatic rings. The second kappa shape index (κ2) is 6.67. The average Bonchev–Trinajstić information content (AvgIpc) is 3.14. The molecule has 0 aliphatic carbocycles. The highest BCUT2D eigenvalue weighted by molar-refractivity contribution is 7.12. The van der Waals surface area contributed by atoms with Crippen LogP contribution in [-0.2, 0) is 4.79 Å². The lowest BCUT2D eigenvalue weighted by Crippen LogP contribution is -2.34. The minimum Gasteiger partial charge on any atom is -0.463 e. The molecule has 7 heteroatoms. The Labute approximate surface area is 119 Å². The average molecular weight is 291 g/mol. The summed E-state index contributed by atoms with van der Waals surface area (Å²) in [5.74, 6) is -0.101. The molecule has 0 unspecified atom stereocenters. The summed E-state index contributed by atoms with van der Waals surface area (Å²) in [5.41, 5.74) is 2.90. The summed E-state index contributed by atoms with van der Waals surface area (Å²) < 4.78 is 5.12. The van der Waals surface area contributed by atoms with Gasteiger partial charge in [-0.3, -0.25) is 9.59 Å². The van der Waals surface area contributed by atoms with Gasteiger partial charge in [-0.2, -0.15) is 5.10 Å². The lowest BCUT2D eigenvalue weighted by atomic mass is 10.3. The maximum absolute atomic E-state index is 11.6. The zero-order valence-corrected chi connectivity index (χ0v) is 11.6. The van der Waals surface area contributed by atoms with Crippen LogP contribution in [0.1, 0.15) is 22.4 Å². The molecule has 0 bridgehead atoms. The number of nitrogens with zero attached hydrogens (tertiary/aromatic N) is 1. The third-order valence-corrected chi connectivity index (χ3v) is 3.25. The molecule has 2 rings (SSSR count). The Hall–Kier alpha value is -2.41. The molecule has 104 valence electrons. The summed E-state index contributed by atoms with van der Waals surface area (Å²) >= 11 is 1.32. The van der Waals surface area contributed by atoms with Gasteiger partial charge in [-0.05, 0) is 30.5 Å². The predicted octanol–water partition coefficient (Wildman–Crippen LogP) is 1.61. The first-order valence-corrected chi connectivity index (χ1v) is 6.73. The Morgan fingerprint density at radius 1 is 1.35 bits per heavy atom. The highest BCUT2D eigenvalue weighted by Crippen LogP contribution is 2.07. The van der Waals surface area contributed by atoms with Gasteiger partial charge in [-0.1, -0.05) is 6.07 Å². The monoisotopic (exact) mass is 291 g/mol. The van der Waals surface area contributed by atoms with Crippen LogP contribution in [0.25, 0.3) is 0 Å². The Balaban J connectivity index is 1.79. The summed E-state index contributed by atoms with van der Waals surface area (Å²) in [5, 5.41) is 8.19. The van der Waals surface area contributed by atoms with Crippen LogP contribution in [0.2, 0.25) is 0 Å². The molecule has 0 saturated carbocycles. The van der Waals surface area contributed by atoms with Crippen LogP contribution in [0.4, 0.5) is 0 Å². The number of carbonyl (C=O) groups is 2. The molecule has 0 aliphatic heterocycles. The fourth-order valence-corrected chi connectivity index (χ4v) is 2.02. The molecule has 0 atom stereocenters. The van der Waals surface area contributed by atoms with E-state index in [1.54, 1.807) is 36.6 Å². The first kappa shape index (κ1) is 14.0. The molecule has 2 aromatic rings. The molecule has 0 fully saturated rings. The van der Waals surface area contributed by atoms with Crippen LogP contribution in [0.5, 0.6) is 0 Å². The standard InChI is InChI=1S/C13H13N3O3S/c1-9(10-4-2-6-19-10)15-16-12(17)8-14-13(18)11-5-3-7-20-11/h2-7H,8H2,1H3,(H,14,18)(H,16,17)/b15-9+. The third-order valence-electron chi connectivity index (χ3n) is 2.38. The van der Waals surface area contributed by atoms with Crippen molar-refractivity contribution in [3.8, 4) is 0 Å². The summed E-state index contributed by atoms with van der Waals surface area (Å²) in [6.07, 6.45) is 1.53. The van der Waals surface area contributed by atoms with Crippen molar-refractivity contribution in [1.29, 1.82) is 0 Å². The quantitative estimate of drug-likeness (QED) is 0.648. The summed E-state index contributed by atoms with van der Waals surface area (Å²) in [6, 6.07) is 6.94. The molecule has 2 heterocycles. The number of hydrogen-bond acceptors (Lipinski definition) is 5. The van der Waals surface area contributed by atoms with Crippen molar-refractivity contribution in [2.75, 3.05) is 6.54 Å². The molecule has 20 heavy (non-hydrogen) atoms. The number of amides is 2. The van der Waals surface area contributed by atoms with Gasteiger partial charge in [-0.25, -0.2) is 5.43 Å². The zero-order chi connectivity index (χ0) is 14.4. The second-order valence-corrected chi connectivity index (χ2v) is 4.82. The Kier molecular flexibility index (Phi) is 4.67. The van der Waals surface area contributed by atoms with Gasteiger partial charge >= 0.3 is 0 Å². The molecular formula is C13H13N3O3S. The normalized spacial score (nSPS) is 11.2. The van der Waals surface area contributed by atoms with Crippen molar-refractivity contribution in [2.45, 2.75) is 6.92 Å². The van der Waals surface area contributed by atoms with E-state index in [9.17, 15) is 9.59 Å². The number of carbonyl (C=O) groups excluding carboxylic acids is 2. The molecule has 0 spiro atoms. The van der Waals surface area contributed by atoms with Crippen LogP contribution in [-0.4, -0.2) is 24.1 Å². The van der Waals surface area contributed by atoms with E-state index in [-0.39, 0.29) is 12.5 Å². The van der Waals surface area contributed by atoms with E-state index in [0.29, 0.717) is 16.3 Å². The number of thiophene rings is 1. The van der Waals surface area contributed by atoms with Gasteiger partial charge in [0.1, 0.15) is 11.5 Å². The van der Waals surface area contributed by atoms with E-state index in [4.69, 9.17) is 4.42 Å². The smallest absolute Gasteiger partial charge is 0.261 e. The van der Waals surface area contributed by atoms with Crippen LogP contribution in [0.15, 0.2) is 45.4 Å². The SMILES string of the molecule is C/C(=N\NC(=O)CNC(=O)c1cccs1)c1ccco1. The Morgan fingerprint density at radius 2 is 2.20 bits per heavy atom. The minimum absolute atomic E-state index is 0.133. The zero-order valence-electron chi connectivity index (χ0n) is 10.8. The molecule has 0 aromatic carbocycles. The summed E-state index contributed by atoms with van der Waals surface area (Å²) in [4.78, 5) is 23.7. The van der Waals surface area contributed by atoms with Crippen molar-refractivity contribution in [1.82, 2.24) is 10.7 Å². The van der Waals surface area contributed by atoms with Gasteiger partial charge < -0.3 is 9.73 Å². The van der Waals surface area contributed by atoms with Gasteiger partial charge in [-0.15, -0.1) is 11.3 Å². The van der Waals surface area contributed by atoms with Crippen LogP contribution in [0, 0.1) is 0 Å². The van der Waals surface area contributed by atoms with E-state index in [2.05, 4.69) is 15.8 Å². The largest absolute Gasteiger partial charge is 0.463 e. The van der Waals surface area contributed by atoms with Crippen molar-refractivity contribution >= 4 is 28.9 Å². The number of furan rings is 1. The predicted molar refractivity (Wildman–Crippen MR) is 75.7 cm³/mol. The van der Waals surface area contributed by atoms with E-state index in [1.807, 2.05) is 0 Å². The van der Waals surface area contributed by atoms with Crippen molar-refractivity contribution < 1.29 is 14.0 Å². The molecule has 2 N–H and O–H groups in total. The van der Waals surface area contributed by atoms with Gasteiger partial charge in [0, 0.05) is 0 Å². The minimum atomic E-state index is -0.402. The maximum atomic E-state index is 11.6. The lowest BCUT2D eigenvalue weighted by Gasteiger charge is -2.03. The van der Waals surface area contributed by atoms with E-state index < -0.39 is 5.91 Å². The first-order valence-electron chi connectivity index (χ1n) is 5.85. The third kappa shape index (κ3) is 3.79. The Bertz CT molecular complexity index is 603. The lowest BCUT2D eigenvalue weighted by molar-refractivity contribution is -0.120. The molecular weight excluding hydrogens is 278 g/mol. The Morgan fingerprint density at radius 3 is 2.85 bits per heavy atom. The maximum Gasteiger partial charge on any atom is 0.261 e. The topological polar surface area (TPSA) is 83.7 Å². The number of rotatable bonds is 5. The van der Waals surface area contributed by atoms with Gasteiger partial charge in [0.15, 0.2) is 0 Å². The number of hydrazone groups is 1. The molecule has 0 saturated heterocycles. The summed E-state index contributed by atoms with van der Waals surface area (Å²) in [6.45, 7) is 1.58. The number of hydrogen-bond donors (Lipinski definition) is 2. The van der Waals surface area contributed by atoms with Crippen LogP contribution < -0.4 is 10.7 Å². The van der Waals surface area contributed by atoms with Crippen molar-refractivity contribution in [2.24, 2.45) is 5.10 Å². The van der Waals surface area contributed by atoms with Crippen LogP contribution in [0.3, 0.4) is 0 Å². The van der Waals surface area contributed by atoms with Gasteiger partial charge in [0.25, 0.3) is 11.8 Å². The number of nitrogens with one attached hydrogen (secondary N) is 2. The van der Waals surface area contributed by atoms with Gasteiger partial charge in [0.2, 0.25) is 0 Å². The highest BCUT2D eigenvalue weighted by Gasteiger charge is 2.08. The van der Waals surface area contributed by atoms with E-state index in [0.717, 1.165) is 0 Å². The van der Waals surface area contributed by atoms with Crippen molar-refractivity contribution in [3.05, 3.63) is 46.5 Å². The second-order valence-electron chi connectivity index (χ2n) is 3.87. The fourth-order valence-electron chi connectivity index (χ4n) is 1.38. The summed E-state index contributed by atoms with van der Waals surface area (Å²) in [7, 11) is 0. The van der Waals surface area contributed by atoms with E-state index in [1.165, 1.54) is 17.6 Å². The van der Waals surface area contributed by atoms with Crippen molar-refractivity contribution in [3.63, 3.8) is 0 Å². The highest BCUT2D eigenvalue weighted by atomic mass is 32.1. The first-order chi connectivity index (χ1) is 9.66. The van der Waals surface area contributed by atoms with Crippen LogP contribution >= 0.6 is 11.3 Å². The fraction of sp³-hybridized carbons (Fsp3) is 0.154. The van der Waals surface area contributed by atoms with E-state index >= 15 is 0 Å². The van der Waals surface area contributed by atoms with Gasteiger partial charge in [0.05, 0.1) is 17.7 Å².